The lowest BCUT2D eigenvalue weighted by molar-refractivity contribution is -0.139. The van der Waals surface area contributed by atoms with Crippen LogP contribution in [0.25, 0.3) is 10.8 Å². The van der Waals surface area contributed by atoms with Crippen LogP contribution < -0.4 is 10.5 Å². The van der Waals surface area contributed by atoms with E-state index in [1.54, 1.807) is 0 Å². The SMILES string of the molecule is NCc1cc(OC(=O)C2CCCCC2)cc2ccccc12. The van der Waals surface area contributed by atoms with E-state index in [2.05, 4.69) is 0 Å². The molecular formula is C18H21NO2. The quantitative estimate of drug-likeness (QED) is 0.689. The lowest BCUT2D eigenvalue weighted by Crippen LogP contribution is -2.22. The average molecular weight is 283 g/mol. The van der Waals surface area contributed by atoms with Crippen molar-refractivity contribution in [2.75, 3.05) is 0 Å². The zero-order chi connectivity index (χ0) is 14.7. The number of ether oxygens (including phenoxy) is 1. The van der Waals surface area contributed by atoms with Crippen molar-refractivity contribution in [3.63, 3.8) is 0 Å². The fourth-order valence-corrected chi connectivity index (χ4v) is 3.13. The molecule has 0 heterocycles. The standard InChI is InChI=1S/C18H21NO2/c19-12-15-11-16(10-14-8-4-5-9-17(14)15)21-18(20)13-6-2-1-3-7-13/h4-5,8-11,13H,1-3,6-7,12,19H2. The highest BCUT2D eigenvalue weighted by atomic mass is 16.5. The second-order valence-corrected chi connectivity index (χ2v) is 5.76. The molecule has 2 N–H and O–H groups in total. The van der Waals surface area contributed by atoms with E-state index in [1.165, 1.54) is 6.42 Å². The predicted octanol–water partition coefficient (Wildman–Crippen LogP) is 3.78. The number of carbonyl (C=O) groups is 1. The summed E-state index contributed by atoms with van der Waals surface area (Å²) in [7, 11) is 0. The molecule has 21 heavy (non-hydrogen) atoms. The fraction of sp³-hybridized carbons (Fsp3) is 0.389. The molecule has 0 radical (unpaired) electrons. The van der Waals surface area contributed by atoms with E-state index in [1.807, 2.05) is 36.4 Å². The maximum atomic E-state index is 12.2. The summed E-state index contributed by atoms with van der Waals surface area (Å²) in [6.07, 6.45) is 5.40. The van der Waals surface area contributed by atoms with E-state index in [4.69, 9.17) is 10.5 Å². The Morgan fingerprint density at radius 2 is 1.90 bits per heavy atom. The molecule has 3 rings (SSSR count). The summed E-state index contributed by atoms with van der Waals surface area (Å²) in [4.78, 5) is 12.2. The average Bonchev–Trinajstić information content (AvgIpc) is 2.55. The van der Waals surface area contributed by atoms with Gasteiger partial charge in [0.05, 0.1) is 5.92 Å². The topological polar surface area (TPSA) is 52.3 Å². The van der Waals surface area contributed by atoms with E-state index >= 15 is 0 Å². The molecule has 0 amide bonds. The molecule has 1 fully saturated rings. The van der Waals surface area contributed by atoms with E-state index < -0.39 is 0 Å². The van der Waals surface area contributed by atoms with Gasteiger partial charge >= 0.3 is 5.97 Å². The van der Waals surface area contributed by atoms with Gasteiger partial charge in [0.2, 0.25) is 0 Å². The molecular weight excluding hydrogens is 262 g/mol. The first-order chi connectivity index (χ1) is 10.3. The van der Waals surface area contributed by atoms with Gasteiger partial charge in [-0.05, 0) is 41.3 Å². The van der Waals surface area contributed by atoms with Gasteiger partial charge in [-0.15, -0.1) is 0 Å². The molecule has 0 saturated heterocycles. The molecule has 0 atom stereocenters. The molecule has 1 aliphatic carbocycles. The number of hydrogen-bond acceptors (Lipinski definition) is 3. The largest absolute Gasteiger partial charge is 0.426 e. The number of nitrogens with two attached hydrogens (primary N) is 1. The molecule has 1 aliphatic rings. The van der Waals surface area contributed by atoms with Crippen LogP contribution in [0.2, 0.25) is 0 Å². The maximum Gasteiger partial charge on any atom is 0.314 e. The van der Waals surface area contributed by atoms with Crippen molar-refractivity contribution in [3.8, 4) is 5.75 Å². The normalized spacial score (nSPS) is 16.0. The Bertz CT molecular complexity index is 645. The van der Waals surface area contributed by atoms with Crippen LogP contribution in [-0.2, 0) is 11.3 Å². The summed E-state index contributed by atoms with van der Waals surface area (Å²) in [5.41, 5.74) is 6.83. The molecule has 3 nitrogen and oxygen atoms in total. The molecule has 0 aliphatic heterocycles. The molecule has 3 heteroatoms. The minimum atomic E-state index is -0.0899. The van der Waals surface area contributed by atoms with Crippen molar-refractivity contribution >= 4 is 16.7 Å². The molecule has 2 aromatic rings. The lowest BCUT2D eigenvalue weighted by Gasteiger charge is -2.20. The van der Waals surface area contributed by atoms with Crippen molar-refractivity contribution in [2.24, 2.45) is 11.7 Å². The van der Waals surface area contributed by atoms with E-state index in [0.29, 0.717) is 12.3 Å². The van der Waals surface area contributed by atoms with Gasteiger partial charge < -0.3 is 10.5 Å². The van der Waals surface area contributed by atoms with Gasteiger partial charge in [0.15, 0.2) is 0 Å². The number of rotatable bonds is 3. The van der Waals surface area contributed by atoms with Gasteiger partial charge in [0, 0.05) is 6.54 Å². The summed E-state index contributed by atoms with van der Waals surface area (Å²) < 4.78 is 5.61. The third kappa shape index (κ3) is 3.08. The van der Waals surface area contributed by atoms with Crippen molar-refractivity contribution in [1.82, 2.24) is 0 Å². The number of hydrogen-bond donors (Lipinski definition) is 1. The Kier molecular flexibility index (Phi) is 4.20. The highest BCUT2D eigenvalue weighted by Crippen LogP contribution is 2.28. The van der Waals surface area contributed by atoms with Crippen LogP contribution in [0.15, 0.2) is 36.4 Å². The summed E-state index contributed by atoms with van der Waals surface area (Å²) in [5.74, 6) is 0.587. The Morgan fingerprint density at radius 1 is 1.14 bits per heavy atom. The van der Waals surface area contributed by atoms with Gasteiger partial charge in [0.1, 0.15) is 5.75 Å². The third-order valence-electron chi connectivity index (χ3n) is 4.30. The Morgan fingerprint density at radius 3 is 2.67 bits per heavy atom. The fourth-order valence-electron chi connectivity index (χ4n) is 3.13. The van der Waals surface area contributed by atoms with Crippen LogP contribution in [-0.4, -0.2) is 5.97 Å². The zero-order valence-electron chi connectivity index (χ0n) is 12.2. The number of fused-ring (bicyclic) bond motifs is 1. The Labute approximate surface area is 125 Å². The lowest BCUT2D eigenvalue weighted by atomic mass is 9.89. The second kappa shape index (κ2) is 6.27. The van der Waals surface area contributed by atoms with Crippen molar-refractivity contribution in [3.05, 3.63) is 42.0 Å². The van der Waals surface area contributed by atoms with Crippen LogP contribution in [0.5, 0.6) is 5.75 Å². The second-order valence-electron chi connectivity index (χ2n) is 5.76. The molecule has 1 saturated carbocycles. The van der Waals surface area contributed by atoms with Gasteiger partial charge in [0.25, 0.3) is 0 Å². The van der Waals surface area contributed by atoms with E-state index in [-0.39, 0.29) is 11.9 Å². The van der Waals surface area contributed by atoms with Crippen molar-refractivity contribution in [1.29, 1.82) is 0 Å². The molecule has 0 aromatic heterocycles. The highest BCUT2D eigenvalue weighted by molar-refractivity contribution is 5.88. The highest BCUT2D eigenvalue weighted by Gasteiger charge is 2.23. The number of esters is 1. The van der Waals surface area contributed by atoms with Crippen LogP contribution in [0.1, 0.15) is 37.7 Å². The monoisotopic (exact) mass is 283 g/mol. The molecule has 0 spiro atoms. The summed E-state index contributed by atoms with van der Waals surface area (Å²) in [5, 5.41) is 2.18. The van der Waals surface area contributed by atoms with Crippen LogP contribution >= 0.6 is 0 Å². The van der Waals surface area contributed by atoms with Crippen LogP contribution in [0.4, 0.5) is 0 Å². The van der Waals surface area contributed by atoms with Gasteiger partial charge in [-0.25, -0.2) is 0 Å². The Balaban J connectivity index is 1.84. The maximum absolute atomic E-state index is 12.2. The van der Waals surface area contributed by atoms with Gasteiger partial charge in [-0.3, -0.25) is 4.79 Å². The Hall–Kier alpha value is -1.87. The molecule has 0 unspecified atom stereocenters. The minimum Gasteiger partial charge on any atom is -0.426 e. The minimum absolute atomic E-state index is 0.0616. The van der Waals surface area contributed by atoms with Gasteiger partial charge in [-0.2, -0.15) is 0 Å². The molecule has 0 bridgehead atoms. The van der Waals surface area contributed by atoms with Crippen molar-refractivity contribution < 1.29 is 9.53 Å². The zero-order valence-corrected chi connectivity index (χ0v) is 12.2. The van der Waals surface area contributed by atoms with Crippen LogP contribution in [0, 0.1) is 5.92 Å². The van der Waals surface area contributed by atoms with Gasteiger partial charge in [-0.1, -0.05) is 43.5 Å². The number of benzene rings is 2. The smallest absolute Gasteiger partial charge is 0.314 e. The van der Waals surface area contributed by atoms with Crippen LogP contribution in [0.3, 0.4) is 0 Å². The van der Waals surface area contributed by atoms with Crippen molar-refractivity contribution in [2.45, 2.75) is 38.6 Å². The predicted molar refractivity (Wildman–Crippen MR) is 84.0 cm³/mol. The van der Waals surface area contributed by atoms with E-state index in [0.717, 1.165) is 42.0 Å². The summed E-state index contributed by atoms with van der Waals surface area (Å²) >= 11 is 0. The first kappa shape index (κ1) is 14.1. The third-order valence-corrected chi connectivity index (χ3v) is 4.30. The summed E-state index contributed by atoms with van der Waals surface area (Å²) in [6.45, 7) is 0.440. The first-order valence-electron chi connectivity index (χ1n) is 7.71. The van der Waals surface area contributed by atoms with E-state index in [9.17, 15) is 4.79 Å². The first-order valence-corrected chi connectivity index (χ1v) is 7.71. The molecule has 2 aromatic carbocycles. The number of carbonyl (C=O) groups excluding carboxylic acids is 1. The summed E-state index contributed by atoms with van der Waals surface area (Å²) in [6, 6.07) is 11.9. The molecule has 110 valence electrons.